The summed E-state index contributed by atoms with van der Waals surface area (Å²) in [6.07, 6.45) is 0. The summed E-state index contributed by atoms with van der Waals surface area (Å²) in [6.45, 7) is 0. The molecule has 0 bridgehead atoms. The highest BCUT2D eigenvalue weighted by Crippen LogP contribution is 2.31. The Hall–Kier alpha value is -2.77. The van der Waals surface area contributed by atoms with Crippen LogP contribution in [0.4, 0.5) is 0 Å². The van der Waals surface area contributed by atoms with E-state index in [1.165, 1.54) is 0 Å². The molecule has 0 unspecified atom stereocenters. The number of halogens is 1. The first-order valence-corrected chi connectivity index (χ1v) is 7.05. The Morgan fingerprint density at radius 1 is 1.27 bits per heavy atom. The predicted molar refractivity (Wildman–Crippen MR) is 86.8 cm³/mol. The second kappa shape index (κ2) is 5.55. The number of nitrogens with one attached hydrogen (secondary N) is 2. The molecule has 2 aromatic carbocycles. The number of rotatable bonds is 2. The van der Waals surface area contributed by atoms with Gasteiger partial charge >= 0.3 is 0 Å². The maximum atomic E-state index is 11.8. The maximum absolute atomic E-state index is 11.8. The van der Waals surface area contributed by atoms with Gasteiger partial charge in [0, 0.05) is 39.8 Å². The minimum absolute atomic E-state index is 0.174. The number of nitrogens with zero attached hydrogens (tertiary/aromatic N) is 1. The highest BCUT2D eigenvalue weighted by Gasteiger charge is 2.12. The Morgan fingerprint density at radius 2 is 2.09 bits per heavy atom. The highest BCUT2D eigenvalue weighted by molar-refractivity contribution is 6.33. The fourth-order valence-corrected chi connectivity index (χ4v) is 2.63. The van der Waals surface area contributed by atoms with E-state index in [-0.39, 0.29) is 5.91 Å². The lowest BCUT2D eigenvalue weighted by molar-refractivity contribution is 0.0963. The van der Waals surface area contributed by atoms with Crippen molar-refractivity contribution in [3.8, 4) is 17.3 Å². The van der Waals surface area contributed by atoms with E-state index >= 15 is 0 Å². The van der Waals surface area contributed by atoms with Gasteiger partial charge in [0.1, 0.15) is 0 Å². The summed E-state index contributed by atoms with van der Waals surface area (Å²) >= 11 is 6.26. The van der Waals surface area contributed by atoms with Crippen molar-refractivity contribution in [3.05, 3.63) is 58.6 Å². The Bertz CT molecular complexity index is 921. The van der Waals surface area contributed by atoms with Crippen LogP contribution in [-0.4, -0.2) is 17.9 Å². The van der Waals surface area contributed by atoms with Gasteiger partial charge in [-0.25, -0.2) is 0 Å². The molecule has 0 aliphatic rings. The van der Waals surface area contributed by atoms with Crippen molar-refractivity contribution in [1.82, 2.24) is 10.3 Å². The predicted octanol–water partition coefficient (Wildman–Crippen LogP) is 3.72. The zero-order valence-electron chi connectivity index (χ0n) is 11.8. The quantitative estimate of drug-likeness (QED) is 0.757. The normalized spacial score (nSPS) is 10.4. The van der Waals surface area contributed by atoms with Gasteiger partial charge in [0.2, 0.25) is 0 Å². The molecule has 5 heteroatoms. The number of hydrogen-bond donors (Lipinski definition) is 2. The number of benzene rings is 2. The molecule has 3 rings (SSSR count). The molecule has 2 N–H and O–H groups in total. The van der Waals surface area contributed by atoms with Crippen molar-refractivity contribution in [2.75, 3.05) is 7.05 Å². The van der Waals surface area contributed by atoms with Crippen LogP contribution in [0, 0.1) is 11.3 Å². The van der Waals surface area contributed by atoms with Crippen LogP contribution in [0.1, 0.15) is 15.9 Å². The third-order valence-electron chi connectivity index (χ3n) is 3.53. The summed E-state index contributed by atoms with van der Waals surface area (Å²) in [7, 11) is 1.58. The Kier molecular flexibility index (Phi) is 3.58. The van der Waals surface area contributed by atoms with E-state index in [0.717, 1.165) is 22.2 Å². The molecule has 108 valence electrons. The summed E-state index contributed by atoms with van der Waals surface area (Å²) in [5, 5.41) is 13.1. The lowest BCUT2D eigenvalue weighted by atomic mass is 10.1. The molecule has 0 atom stereocenters. The smallest absolute Gasteiger partial charge is 0.251 e. The van der Waals surface area contributed by atoms with Crippen LogP contribution >= 0.6 is 11.6 Å². The fourth-order valence-electron chi connectivity index (χ4n) is 2.42. The van der Waals surface area contributed by atoms with Gasteiger partial charge in [-0.05, 0) is 36.4 Å². The number of carbonyl (C=O) groups is 1. The molecule has 0 radical (unpaired) electrons. The van der Waals surface area contributed by atoms with E-state index in [9.17, 15) is 10.1 Å². The third kappa shape index (κ3) is 2.32. The molecule has 0 spiro atoms. The average Bonchev–Trinajstić information content (AvgIpc) is 2.98. The molecule has 1 heterocycles. The molecular formula is C17H12ClN3O. The van der Waals surface area contributed by atoms with Gasteiger partial charge in [-0.2, -0.15) is 5.26 Å². The van der Waals surface area contributed by atoms with Crippen LogP contribution in [0.2, 0.25) is 5.02 Å². The molecule has 1 aromatic heterocycles. The van der Waals surface area contributed by atoms with E-state index < -0.39 is 0 Å². The summed E-state index contributed by atoms with van der Waals surface area (Å²) < 4.78 is 0. The van der Waals surface area contributed by atoms with E-state index in [4.69, 9.17) is 11.6 Å². The lowest BCUT2D eigenvalue weighted by Crippen LogP contribution is -2.17. The molecule has 1 amide bonds. The second-order valence-corrected chi connectivity index (χ2v) is 5.24. The van der Waals surface area contributed by atoms with Crippen LogP contribution in [0.3, 0.4) is 0 Å². The molecule has 4 nitrogen and oxygen atoms in total. The number of carbonyl (C=O) groups excluding carboxylic acids is 1. The van der Waals surface area contributed by atoms with Gasteiger partial charge in [-0.3, -0.25) is 4.79 Å². The zero-order valence-corrected chi connectivity index (χ0v) is 12.5. The minimum atomic E-state index is -0.174. The molecular weight excluding hydrogens is 298 g/mol. The number of nitriles is 1. The fraction of sp³-hybridized carbons (Fsp3) is 0.0588. The van der Waals surface area contributed by atoms with Crippen LogP contribution < -0.4 is 5.32 Å². The van der Waals surface area contributed by atoms with Crippen molar-refractivity contribution in [2.45, 2.75) is 0 Å². The Morgan fingerprint density at radius 3 is 2.82 bits per heavy atom. The minimum Gasteiger partial charge on any atom is -0.355 e. The summed E-state index contributed by atoms with van der Waals surface area (Å²) in [5.41, 5.74) is 3.48. The first-order valence-electron chi connectivity index (χ1n) is 6.68. The monoisotopic (exact) mass is 309 g/mol. The summed E-state index contributed by atoms with van der Waals surface area (Å²) in [4.78, 5) is 15.0. The van der Waals surface area contributed by atoms with E-state index in [0.29, 0.717) is 16.1 Å². The standard InChI is InChI=1S/C17H12ClN3O/c1-20-17(22)10-5-6-14(18)13(7-10)16-8-12-11(9-19)3-2-4-15(12)21-16/h2-8,21H,1H3,(H,20,22). The number of H-pyrrole nitrogens is 1. The van der Waals surface area contributed by atoms with E-state index in [1.54, 1.807) is 31.3 Å². The number of aromatic nitrogens is 1. The molecule has 0 aliphatic carbocycles. The average molecular weight is 310 g/mol. The molecule has 0 fully saturated rings. The van der Waals surface area contributed by atoms with Crippen molar-refractivity contribution in [2.24, 2.45) is 0 Å². The SMILES string of the molecule is CNC(=O)c1ccc(Cl)c(-c2cc3c(C#N)cccc3[nH]2)c1. The van der Waals surface area contributed by atoms with Gasteiger partial charge in [-0.1, -0.05) is 17.7 Å². The molecule has 0 saturated carbocycles. The Labute approximate surface area is 132 Å². The highest BCUT2D eigenvalue weighted by atomic mass is 35.5. The van der Waals surface area contributed by atoms with Gasteiger partial charge in [0.05, 0.1) is 11.6 Å². The first-order chi connectivity index (χ1) is 10.6. The largest absolute Gasteiger partial charge is 0.355 e. The van der Waals surface area contributed by atoms with E-state index in [2.05, 4.69) is 16.4 Å². The van der Waals surface area contributed by atoms with Crippen LogP contribution in [0.5, 0.6) is 0 Å². The third-order valence-corrected chi connectivity index (χ3v) is 3.86. The van der Waals surface area contributed by atoms with Crippen LogP contribution in [0.15, 0.2) is 42.5 Å². The molecule has 0 aliphatic heterocycles. The lowest BCUT2D eigenvalue weighted by Gasteiger charge is -2.05. The number of amides is 1. The molecule has 3 aromatic rings. The Balaban J connectivity index is 2.19. The van der Waals surface area contributed by atoms with Crippen molar-refractivity contribution in [3.63, 3.8) is 0 Å². The summed E-state index contributed by atoms with van der Waals surface area (Å²) in [6, 6.07) is 14.6. The topological polar surface area (TPSA) is 68.7 Å². The summed E-state index contributed by atoms with van der Waals surface area (Å²) in [5.74, 6) is -0.174. The molecule has 22 heavy (non-hydrogen) atoms. The van der Waals surface area contributed by atoms with Crippen molar-refractivity contribution in [1.29, 1.82) is 5.26 Å². The van der Waals surface area contributed by atoms with Gasteiger partial charge in [0.25, 0.3) is 5.91 Å². The maximum Gasteiger partial charge on any atom is 0.251 e. The molecule has 0 saturated heterocycles. The van der Waals surface area contributed by atoms with Crippen molar-refractivity contribution < 1.29 is 4.79 Å². The van der Waals surface area contributed by atoms with Crippen LogP contribution in [-0.2, 0) is 0 Å². The number of fused-ring (bicyclic) bond motifs is 1. The van der Waals surface area contributed by atoms with Crippen LogP contribution in [0.25, 0.3) is 22.2 Å². The second-order valence-electron chi connectivity index (χ2n) is 4.84. The van der Waals surface area contributed by atoms with Gasteiger partial charge in [-0.15, -0.1) is 0 Å². The van der Waals surface area contributed by atoms with Gasteiger partial charge < -0.3 is 10.3 Å². The van der Waals surface area contributed by atoms with E-state index in [1.807, 2.05) is 18.2 Å². The number of aromatic amines is 1. The van der Waals surface area contributed by atoms with Gasteiger partial charge in [0.15, 0.2) is 0 Å². The zero-order chi connectivity index (χ0) is 15.7. The van der Waals surface area contributed by atoms with Crippen molar-refractivity contribution >= 4 is 28.4 Å². The number of hydrogen-bond acceptors (Lipinski definition) is 2. The first kappa shape index (κ1) is 14.2.